The molecule has 0 aliphatic rings. The van der Waals surface area contributed by atoms with Crippen molar-refractivity contribution < 1.29 is 14.3 Å². The number of aliphatic imine (C=N–C) groups is 1. The zero-order valence-corrected chi connectivity index (χ0v) is 15.9. The number of rotatable bonds is 4. The Kier molecular flexibility index (Phi) is 5.35. The molecular weight excluding hydrogens is 452 g/mol. The van der Waals surface area contributed by atoms with E-state index >= 15 is 0 Å². The fraction of sp³-hybridized carbons (Fsp3) is 0. The standard InChI is InChI=1S/C18H12Br2N2O3/c19-12-8-11(17(23)15(20)9-12)10-21-13-3-5-14(6-4-13)22-18(24)16-2-1-7-25-16/h1-10,23H,(H,22,24). The van der Waals surface area contributed by atoms with Gasteiger partial charge >= 0.3 is 0 Å². The molecule has 25 heavy (non-hydrogen) atoms. The number of hydrogen-bond acceptors (Lipinski definition) is 4. The van der Waals surface area contributed by atoms with Crippen LogP contribution in [0.1, 0.15) is 16.1 Å². The number of halogens is 2. The first-order valence-electron chi connectivity index (χ1n) is 7.20. The number of furan rings is 1. The molecule has 0 bridgehead atoms. The van der Waals surface area contributed by atoms with E-state index in [2.05, 4.69) is 42.2 Å². The van der Waals surface area contributed by atoms with Gasteiger partial charge in [0.2, 0.25) is 0 Å². The Morgan fingerprint density at radius 2 is 1.92 bits per heavy atom. The molecule has 7 heteroatoms. The molecule has 126 valence electrons. The van der Waals surface area contributed by atoms with Crippen molar-refractivity contribution in [2.24, 2.45) is 4.99 Å². The van der Waals surface area contributed by atoms with Crippen LogP contribution in [0.2, 0.25) is 0 Å². The van der Waals surface area contributed by atoms with Crippen LogP contribution in [0.15, 0.2) is 73.1 Å². The number of anilines is 1. The van der Waals surface area contributed by atoms with Crippen molar-refractivity contribution in [2.45, 2.75) is 0 Å². The molecule has 3 aromatic rings. The first-order chi connectivity index (χ1) is 12.0. The summed E-state index contributed by atoms with van der Waals surface area (Å²) in [6, 6.07) is 13.8. The molecule has 0 aliphatic heterocycles. The Morgan fingerprint density at radius 1 is 1.16 bits per heavy atom. The van der Waals surface area contributed by atoms with Crippen molar-refractivity contribution in [3.05, 3.63) is 75.1 Å². The maximum atomic E-state index is 11.9. The van der Waals surface area contributed by atoms with Crippen LogP contribution in [-0.4, -0.2) is 17.2 Å². The topological polar surface area (TPSA) is 74.8 Å². The normalized spacial score (nSPS) is 11.0. The highest BCUT2D eigenvalue weighted by Crippen LogP contribution is 2.31. The van der Waals surface area contributed by atoms with Crippen LogP contribution >= 0.6 is 31.9 Å². The van der Waals surface area contributed by atoms with E-state index < -0.39 is 0 Å². The van der Waals surface area contributed by atoms with Gasteiger partial charge in [-0.1, -0.05) is 15.9 Å². The van der Waals surface area contributed by atoms with Crippen LogP contribution in [0.25, 0.3) is 0 Å². The second-order valence-corrected chi connectivity index (χ2v) is 6.83. The van der Waals surface area contributed by atoms with Gasteiger partial charge in [-0.05, 0) is 64.5 Å². The highest BCUT2D eigenvalue weighted by Gasteiger charge is 2.08. The Hall–Kier alpha value is -2.38. The van der Waals surface area contributed by atoms with Gasteiger partial charge in [-0.25, -0.2) is 0 Å². The number of amides is 1. The molecule has 0 unspecified atom stereocenters. The molecule has 2 N–H and O–H groups in total. The summed E-state index contributed by atoms with van der Waals surface area (Å²) < 4.78 is 6.45. The number of phenolic OH excluding ortho intramolecular Hbond substituents is 1. The van der Waals surface area contributed by atoms with Crippen molar-refractivity contribution in [3.63, 3.8) is 0 Å². The van der Waals surface area contributed by atoms with E-state index in [1.807, 2.05) is 0 Å². The first-order valence-corrected chi connectivity index (χ1v) is 8.78. The minimum atomic E-state index is -0.315. The van der Waals surface area contributed by atoms with Gasteiger partial charge in [-0.15, -0.1) is 0 Å². The molecule has 0 spiro atoms. The largest absolute Gasteiger partial charge is 0.506 e. The lowest BCUT2D eigenvalue weighted by molar-refractivity contribution is 0.0996. The first kappa shape index (κ1) is 17.4. The monoisotopic (exact) mass is 462 g/mol. The molecule has 2 aromatic carbocycles. The van der Waals surface area contributed by atoms with E-state index in [0.717, 1.165) is 4.47 Å². The summed E-state index contributed by atoms with van der Waals surface area (Å²) in [5.74, 6) is 0.0530. The molecule has 1 heterocycles. The number of benzene rings is 2. The summed E-state index contributed by atoms with van der Waals surface area (Å²) in [5.41, 5.74) is 1.90. The number of nitrogens with one attached hydrogen (secondary N) is 1. The third-order valence-electron chi connectivity index (χ3n) is 3.28. The molecule has 1 amide bonds. The van der Waals surface area contributed by atoms with E-state index in [4.69, 9.17) is 4.42 Å². The van der Waals surface area contributed by atoms with Gasteiger partial charge in [-0.2, -0.15) is 0 Å². The Labute approximate surface area is 160 Å². The number of nitrogens with zero attached hydrogens (tertiary/aromatic N) is 1. The van der Waals surface area contributed by atoms with Crippen molar-refractivity contribution in [3.8, 4) is 5.75 Å². The van der Waals surface area contributed by atoms with Gasteiger partial charge in [0.05, 0.1) is 16.4 Å². The van der Waals surface area contributed by atoms with E-state index in [-0.39, 0.29) is 17.4 Å². The van der Waals surface area contributed by atoms with Gasteiger partial charge in [-0.3, -0.25) is 9.79 Å². The fourth-order valence-electron chi connectivity index (χ4n) is 2.06. The third kappa shape index (κ3) is 4.37. The summed E-state index contributed by atoms with van der Waals surface area (Å²) >= 11 is 6.65. The lowest BCUT2D eigenvalue weighted by atomic mass is 10.2. The van der Waals surface area contributed by atoms with Crippen molar-refractivity contribution >= 4 is 55.4 Å². The van der Waals surface area contributed by atoms with Crippen molar-refractivity contribution in [1.82, 2.24) is 0 Å². The van der Waals surface area contributed by atoms with Crippen LogP contribution in [0.3, 0.4) is 0 Å². The summed E-state index contributed by atoms with van der Waals surface area (Å²) in [4.78, 5) is 16.2. The molecule has 0 fully saturated rings. The zero-order valence-electron chi connectivity index (χ0n) is 12.7. The van der Waals surface area contributed by atoms with Crippen LogP contribution in [-0.2, 0) is 0 Å². The van der Waals surface area contributed by atoms with Crippen LogP contribution in [0.4, 0.5) is 11.4 Å². The van der Waals surface area contributed by atoms with Crippen LogP contribution in [0, 0.1) is 0 Å². The Bertz CT molecular complexity index is 920. The van der Waals surface area contributed by atoms with Gasteiger partial charge in [0.25, 0.3) is 5.91 Å². The summed E-state index contributed by atoms with van der Waals surface area (Å²) in [6.45, 7) is 0. The average Bonchev–Trinajstić information content (AvgIpc) is 3.13. The Morgan fingerprint density at radius 3 is 2.60 bits per heavy atom. The molecule has 0 radical (unpaired) electrons. The molecule has 0 atom stereocenters. The van der Waals surface area contributed by atoms with Crippen molar-refractivity contribution in [2.75, 3.05) is 5.32 Å². The third-order valence-corrected chi connectivity index (χ3v) is 4.34. The van der Waals surface area contributed by atoms with Crippen molar-refractivity contribution in [1.29, 1.82) is 0 Å². The van der Waals surface area contributed by atoms with E-state index in [1.165, 1.54) is 6.26 Å². The number of carbonyl (C=O) groups excluding carboxylic acids is 1. The second kappa shape index (κ2) is 7.67. The molecule has 0 saturated heterocycles. The highest BCUT2D eigenvalue weighted by molar-refractivity contribution is 9.11. The summed E-state index contributed by atoms with van der Waals surface area (Å²) in [5, 5.41) is 12.8. The number of phenols is 1. The number of hydrogen-bond donors (Lipinski definition) is 2. The predicted octanol–water partition coefficient (Wildman–Crippen LogP) is 5.51. The van der Waals surface area contributed by atoms with E-state index in [1.54, 1.807) is 54.7 Å². The van der Waals surface area contributed by atoms with E-state index in [0.29, 0.717) is 21.4 Å². The highest BCUT2D eigenvalue weighted by atomic mass is 79.9. The average molecular weight is 464 g/mol. The van der Waals surface area contributed by atoms with Crippen LogP contribution in [0.5, 0.6) is 5.75 Å². The minimum absolute atomic E-state index is 0.120. The van der Waals surface area contributed by atoms with Gasteiger partial charge in [0.15, 0.2) is 5.76 Å². The predicted molar refractivity (Wildman–Crippen MR) is 104 cm³/mol. The lowest BCUT2D eigenvalue weighted by Crippen LogP contribution is -2.10. The molecule has 0 saturated carbocycles. The summed E-state index contributed by atoms with van der Waals surface area (Å²) in [7, 11) is 0. The Balaban J connectivity index is 1.72. The second-order valence-electron chi connectivity index (χ2n) is 5.06. The maximum Gasteiger partial charge on any atom is 0.291 e. The summed E-state index contributed by atoms with van der Waals surface area (Å²) in [6.07, 6.45) is 3.02. The molecule has 3 rings (SSSR count). The fourth-order valence-corrected chi connectivity index (χ4v) is 3.32. The van der Waals surface area contributed by atoms with Gasteiger partial charge < -0.3 is 14.8 Å². The smallest absolute Gasteiger partial charge is 0.291 e. The molecule has 5 nitrogen and oxygen atoms in total. The zero-order chi connectivity index (χ0) is 17.8. The molecular formula is C18H12Br2N2O3. The molecule has 0 aliphatic carbocycles. The maximum absolute atomic E-state index is 11.9. The van der Waals surface area contributed by atoms with Crippen LogP contribution < -0.4 is 5.32 Å². The van der Waals surface area contributed by atoms with E-state index in [9.17, 15) is 9.90 Å². The molecule has 1 aromatic heterocycles. The number of carbonyl (C=O) groups is 1. The minimum Gasteiger partial charge on any atom is -0.506 e. The SMILES string of the molecule is O=C(Nc1ccc(N=Cc2cc(Br)cc(Br)c2O)cc1)c1ccco1. The quantitative estimate of drug-likeness (QED) is 0.500. The number of aromatic hydroxyl groups is 1. The lowest BCUT2D eigenvalue weighted by Gasteiger charge is -2.04. The van der Waals surface area contributed by atoms with Gasteiger partial charge in [0.1, 0.15) is 5.75 Å². The van der Waals surface area contributed by atoms with Gasteiger partial charge in [0, 0.05) is 21.9 Å².